The molecule has 55 heteroatoms. The van der Waals surface area contributed by atoms with E-state index >= 15 is 0 Å². The zero-order valence-electron chi connectivity index (χ0n) is 65.9. The van der Waals surface area contributed by atoms with E-state index in [2.05, 4.69) is 21.3 Å². The van der Waals surface area contributed by atoms with Crippen molar-refractivity contribution in [2.24, 2.45) is 0 Å². The predicted molar refractivity (Wildman–Crippen MR) is 375 cm³/mol. The fourth-order valence-corrected chi connectivity index (χ4v) is 15.8. The van der Waals surface area contributed by atoms with Crippen molar-refractivity contribution >= 4 is 29.6 Å². The Balaban J connectivity index is 0.960. The predicted octanol–water partition coefficient (Wildman–Crippen LogP) is -21.1. The minimum atomic E-state index is -2.60. The largest absolute Gasteiger partial charge is 0.479 e. The number of hydrogen-bond acceptors (Lipinski definition) is 50. The average molecular weight is 1800 g/mol. The molecule has 0 aromatic heterocycles. The van der Waals surface area contributed by atoms with E-state index in [1.807, 2.05) is 0 Å². The molecule has 0 spiro atoms. The zero-order chi connectivity index (χ0) is 90.7. The molecule has 10 heterocycles. The molecule has 10 aliphatic heterocycles. The van der Waals surface area contributed by atoms with Crippen LogP contribution in [0.4, 0.5) is 0 Å². The molecule has 10 fully saturated rings. The Hall–Kier alpha value is -4.45. The topological polar surface area (TPSA) is 855 Å². The fraction of sp³-hybridized carbons (Fsp3) is 0.926. The maximum absolute atomic E-state index is 13.2. The van der Waals surface area contributed by atoms with Crippen molar-refractivity contribution in [3.63, 3.8) is 0 Å². The second-order valence-corrected chi connectivity index (χ2v) is 31.0. The van der Waals surface area contributed by atoms with Gasteiger partial charge in [-0.1, -0.05) is 0 Å². The number of carboxylic acid groups (broad SMARTS) is 1. The van der Waals surface area contributed by atoms with E-state index in [1.165, 1.54) is 6.92 Å². The van der Waals surface area contributed by atoms with Gasteiger partial charge in [-0.05, 0) is 6.92 Å². The maximum atomic E-state index is 13.2. The Kier molecular flexibility index (Phi) is 35.6. The van der Waals surface area contributed by atoms with Gasteiger partial charge in [-0.25, -0.2) is 4.79 Å². The molecule has 0 radical (unpaired) electrons. The third-order valence-corrected chi connectivity index (χ3v) is 22.4. The zero-order valence-corrected chi connectivity index (χ0v) is 65.9. The number of aliphatic carboxylic acids is 1. The Morgan fingerprint density at radius 1 is 0.252 bits per heavy atom. The Morgan fingerprint density at radius 3 is 1.02 bits per heavy atom. The molecule has 4 amide bonds. The van der Waals surface area contributed by atoms with Crippen molar-refractivity contribution in [2.45, 2.75) is 341 Å². The molecule has 710 valence electrons. The SMILES string of the molecule is CC(=O)N[C@@H]1[C@H](O[C@@H]2[C@@H](O[C@@H]3[C@H](O)[C@H](O[C@H]4[C@H](O)[C@@H](NC(C)=O)[C@H](O[C@H]5[C@H](O)[C@@H](NC(C)=O)[C@@H](O)O[C@@H]5CO[C@H]5O[C@H](C)[C@H](O)[C@H](O)[C@H]5O)O[C@@H]4CO)O[C@H](CO[C@H]4O[C@H](CO)[C@@H](O)[C@H](O)[C@@H]4O[C@@H]4O[C@H](CO)[C@@H](O[C@@H]5O[C@H](CO)[C@H](O)[C@H](O[C@@H]6O[C@H](C(=O)O)[C@@H](O)[C@H](O)[C@H]6O)[C@H]5O)[C@H](O)[C@H]4NC(C)=O)[C@H]3O)O[C@H](CO)[C@@H](O)[C@@H]2O)O[C@H](CO)[C@@H](O)[C@@H]1O. The van der Waals surface area contributed by atoms with E-state index < -0.39 is 389 Å². The molecule has 10 aliphatic rings. The first kappa shape index (κ1) is 101. The number of ether oxygens (including phenoxy) is 19. The highest BCUT2D eigenvalue weighted by Crippen LogP contribution is 2.41. The van der Waals surface area contributed by atoms with Crippen LogP contribution in [0.25, 0.3) is 0 Å². The van der Waals surface area contributed by atoms with Gasteiger partial charge in [0.1, 0.15) is 232 Å². The van der Waals surface area contributed by atoms with Gasteiger partial charge in [0.15, 0.2) is 69.0 Å². The molecular formula is C68H112N4O51. The van der Waals surface area contributed by atoms with E-state index in [0.717, 1.165) is 27.7 Å². The van der Waals surface area contributed by atoms with Gasteiger partial charge in [-0.15, -0.1) is 0 Å². The van der Waals surface area contributed by atoms with Gasteiger partial charge in [0.2, 0.25) is 23.6 Å². The summed E-state index contributed by atoms with van der Waals surface area (Å²) >= 11 is 0. The summed E-state index contributed by atoms with van der Waals surface area (Å²) in [4.78, 5) is 63.2. The van der Waals surface area contributed by atoms with Crippen LogP contribution in [0.2, 0.25) is 0 Å². The lowest BCUT2D eigenvalue weighted by molar-refractivity contribution is -0.397. The highest BCUT2D eigenvalue weighted by molar-refractivity contribution is 5.75. The van der Waals surface area contributed by atoms with Crippen LogP contribution in [0, 0.1) is 0 Å². The van der Waals surface area contributed by atoms with E-state index in [4.69, 9.17) is 90.0 Å². The van der Waals surface area contributed by atoms with Crippen molar-refractivity contribution in [1.82, 2.24) is 21.3 Å². The van der Waals surface area contributed by atoms with Crippen molar-refractivity contribution < 1.29 is 252 Å². The number of nitrogens with one attached hydrogen (secondary N) is 4. The first-order chi connectivity index (χ1) is 58.0. The van der Waals surface area contributed by atoms with Crippen LogP contribution in [0.5, 0.6) is 0 Å². The number of rotatable bonds is 31. The van der Waals surface area contributed by atoms with Crippen LogP contribution in [-0.2, 0) is 114 Å². The van der Waals surface area contributed by atoms with Crippen LogP contribution in [0.1, 0.15) is 34.6 Å². The van der Waals surface area contributed by atoms with E-state index in [1.54, 1.807) is 0 Å². The van der Waals surface area contributed by atoms with Crippen molar-refractivity contribution in [3.8, 4) is 0 Å². The van der Waals surface area contributed by atoms with Crippen LogP contribution >= 0.6 is 0 Å². The van der Waals surface area contributed by atoms with Gasteiger partial charge in [-0.3, -0.25) is 19.2 Å². The molecular weight excluding hydrogens is 1690 g/mol. The lowest BCUT2D eigenvalue weighted by Crippen LogP contribution is -2.71. The lowest BCUT2D eigenvalue weighted by Gasteiger charge is -2.51. The normalized spacial score (nSPS) is 49.4. The van der Waals surface area contributed by atoms with Gasteiger partial charge < -0.3 is 249 Å². The molecule has 31 N–H and O–H groups in total. The summed E-state index contributed by atoms with van der Waals surface area (Å²) in [6, 6.07) is -7.63. The standard InChI is InChI=1S/C68H112N4O51/c1-14-31(83)41(93)46(98)63(107-14)105-13-26-52(38(90)27(59(104)108-26)69-15(2)79)116-61-29(71-17(4)81)39(91)51(23(10-77)113-61)118-66-49(101)54(120-68-57(44(96)34(86)21(8-75)112-68)123-60-28(70-16(3)80)37(89)32(84)19(6-73)109-60)36(88)25(115-66)12-106-67-56(43(95)33(85)20(7-74)111-67)122-62-30(72-18(5)82)40(92)50(24(11-78)114-62)117-65-48(100)53(35(87)22(9-76)110-65)119-64-47(99)42(94)45(97)55(121-64)58(102)103/h14,19-57,59-68,73-78,83-101,104H,6-13H2,1-5H3,(H,69,79)(H,70,80)(H,71,81)(H,72,82)(H,102,103)/t14-,19-,20-,21-,22-,23-,24-,25-,26-,27-,28+,29-,30-,31+,32-,33-,34-,35+,36-,37-,38-,39-,40-,41+,42+,43+,44+,45+,46-,47-,48-,49+,50-,51-,52-,53+,54+,55+,56+,57+,59+,60+,61+,62+,63+,64-,65+,66+,67+,68-/m1/s1. The number of amides is 4. The third-order valence-electron chi connectivity index (χ3n) is 22.4. The second-order valence-electron chi connectivity index (χ2n) is 31.0. The Morgan fingerprint density at radius 2 is 0.561 bits per heavy atom. The molecule has 55 nitrogen and oxygen atoms in total. The minimum absolute atomic E-state index is 0.845. The highest BCUT2D eigenvalue weighted by atomic mass is 16.8. The lowest BCUT2D eigenvalue weighted by atomic mass is 9.93. The summed E-state index contributed by atoms with van der Waals surface area (Å²) in [6.45, 7) is -4.04. The quantitative estimate of drug-likeness (QED) is 0.0306. The molecule has 10 rings (SSSR count). The smallest absolute Gasteiger partial charge is 0.335 e. The van der Waals surface area contributed by atoms with Crippen molar-refractivity contribution in [2.75, 3.05) is 52.9 Å². The average Bonchev–Trinajstić information content (AvgIpc) is 0.769. The van der Waals surface area contributed by atoms with Gasteiger partial charge in [-0.2, -0.15) is 0 Å². The van der Waals surface area contributed by atoms with Crippen LogP contribution in [0.15, 0.2) is 0 Å². The van der Waals surface area contributed by atoms with Crippen LogP contribution in [0.3, 0.4) is 0 Å². The van der Waals surface area contributed by atoms with Gasteiger partial charge >= 0.3 is 5.97 Å². The van der Waals surface area contributed by atoms with Crippen LogP contribution in [-0.4, -0.2) is 527 Å². The molecule has 0 unspecified atom stereocenters. The molecule has 0 saturated carbocycles. The summed E-state index contributed by atoms with van der Waals surface area (Å²) in [5.41, 5.74) is 0. The van der Waals surface area contributed by atoms with E-state index in [0.29, 0.717) is 0 Å². The number of aliphatic hydroxyl groups excluding tert-OH is 26. The third kappa shape index (κ3) is 22.3. The van der Waals surface area contributed by atoms with Gasteiger partial charge in [0.25, 0.3) is 0 Å². The number of carboxylic acids is 1. The fourth-order valence-electron chi connectivity index (χ4n) is 15.8. The summed E-state index contributed by atoms with van der Waals surface area (Å²) in [5.74, 6) is -5.61. The van der Waals surface area contributed by atoms with E-state index in [9.17, 15) is 162 Å². The minimum Gasteiger partial charge on any atom is -0.479 e. The first-order valence-corrected chi connectivity index (χ1v) is 39.0. The molecule has 10 saturated heterocycles. The van der Waals surface area contributed by atoms with Gasteiger partial charge in [0, 0.05) is 27.7 Å². The molecule has 0 aromatic rings. The maximum Gasteiger partial charge on any atom is 0.335 e. The van der Waals surface area contributed by atoms with Crippen molar-refractivity contribution in [1.29, 1.82) is 0 Å². The number of carbonyl (C=O) groups is 5. The number of hydrogen-bond donors (Lipinski definition) is 31. The molecule has 0 bridgehead atoms. The second kappa shape index (κ2) is 43.5. The summed E-state index contributed by atoms with van der Waals surface area (Å²) < 4.78 is 112. The van der Waals surface area contributed by atoms with E-state index in [-0.39, 0.29) is 0 Å². The Labute approximate surface area is 695 Å². The van der Waals surface area contributed by atoms with Crippen LogP contribution < -0.4 is 21.3 Å². The summed E-state index contributed by atoms with van der Waals surface area (Å²) in [5, 5.41) is 310. The monoisotopic (exact) mass is 1800 g/mol. The highest BCUT2D eigenvalue weighted by Gasteiger charge is 2.62. The summed E-state index contributed by atoms with van der Waals surface area (Å²) in [7, 11) is 0. The molecule has 123 heavy (non-hydrogen) atoms. The van der Waals surface area contributed by atoms with Crippen molar-refractivity contribution in [3.05, 3.63) is 0 Å². The Bertz CT molecular complexity index is 3380. The first-order valence-electron chi connectivity index (χ1n) is 39.0. The molecule has 0 aromatic carbocycles. The van der Waals surface area contributed by atoms with Gasteiger partial charge in [0.05, 0.1) is 59.0 Å². The number of aliphatic hydroxyl groups is 26. The summed E-state index contributed by atoms with van der Waals surface area (Å²) in [6.07, 6.45) is -97.8. The number of carbonyl (C=O) groups excluding carboxylic acids is 4. The molecule has 0 aliphatic carbocycles. The molecule has 50 atom stereocenters.